The van der Waals surface area contributed by atoms with E-state index in [-0.39, 0.29) is 31.4 Å². The Bertz CT molecular complexity index is 788. The van der Waals surface area contributed by atoms with Gasteiger partial charge in [-0.1, -0.05) is 18.2 Å². The first-order valence-electron chi connectivity index (χ1n) is 9.31. The first-order chi connectivity index (χ1) is 13.4. The van der Waals surface area contributed by atoms with Gasteiger partial charge in [-0.2, -0.15) is 13.2 Å². The van der Waals surface area contributed by atoms with Gasteiger partial charge in [0.15, 0.2) is 0 Å². The number of pyridine rings is 1. The molecule has 150 valence electrons. The van der Waals surface area contributed by atoms with Crippen LogP contribution in [0.25, 0.3) is 0 Å². The predicted octanol–water partition coefficient (Wildman–Crippen LogP) is 4.85. The minimum absolute atomic E-state index is 0.0605. The molecule has 0 bridgehead atoms. The number of carbonyl (C=O) groups excluding carboxylic acids is 1. The highest BCUT2D eigenvalue weighted by molar-refractivity contribution is 5.97. The van der Waals surface area contributed by atoms with Crippen molar-refractivity contribution in [2.75, 3.05) is 7.05 Å². The van der Waals surface area contributed by atoms with Crippen molar-refractivity contribution >= 4 is 5.91 Å². The lowest BCUT2D eigenvalue weighted by Gasteiger charge is -2.35. The Kier molecular flexibility index (Phi) is 6.21. The van der Waals surface area contributed by atoms with E-state index in [4.69, 9.17) is 4.74 Å². The number of amides is 1. The molecule has 2 aromatic rings. The maximum atomic E-state index is 13.0. The van der Waals surface area contributed by atoms with Crippen LogP contribution in [-0.4, -0.2) is 35.1 Å². The van der Waals surface area contributed by atoms with Crippen LogP contribution >= 0.6 is 0 Å². The van der Waals surface area contributed by atoms with Crippen molar-refractivity contribution in [3.8, 4) is 5.75 Å². The maximum Gasteiger partial charge on any atom is 0.391 e. The number of hydrogen-bond acceptors (Lipinski definition) is 3. The molecule has 1 saturated carbocycles. The third kappa shape index (κ3) is 4.82. The molecule has 0 unspecified atom stereocenters. The Morgan fingerprint density at radius 3 is 2.50 bits per heavy atom. The van der Waals surface area contributed by atoms with E-state index in [1.165, 1.54) is 0 Å². The van der Waals surface area contributed by atoms with Crippen molar-refractivity contribution in [3.63, 3.8) is 0 Å². The molecule has 0 atom stereocenters. The summed E-state index contributed by atoms with van der Waals surface area (Å²) in [4.78, 5) is 18.6. The van der Waals surface area contributed by atoms with Crippen molar-refractivity contribution in [1.29, 1.82) is 0 Å². The topological polar surface area (TPSA) is 42.4 Å². The molecule has 1 fully saturated rings. The van der Waals surface area contributed by atoms with E-state index < -0.39 is 12.1 Å². The molecule has 1 aromatic carbocycles. The van der Waals surface area contributed by atoms with Crippen LogP contribution in [0.5, 0.6) is 5.75 Å². The largest absolute Gasteiger partial charge is 0.488 e. The van der Waals surface area contributed by atoms with Gasteiger partial charge in [-0.05, 0) is 43.9 Å². The fourth-order valence-corrected chi connectivity index (χ4v) is 3.56. The Balaban J connectivity index is 1.65. The van der Waals surface area contributed by atoms with Crippen molar-refractivity contribution in [3.05, 3.63) is 59.9 Å². The van der Waals surface area contributed by atoms with Gasteiger partial charge in [0.25, 0.3) is 5.91 Å². The van der Waals surface area contributed by atoms with Gasteiger partial charge in [-0.15, -0.1) is 0 Å². The number of carbonyl (C=O) groups is 1. The van der Waals surface area contributed by atoms with Crippen molar-refractivity contribution in [2.45, 2.75) is 44.5 Å². The number of ether oxygens (including phenoxy) is 1. The number of aromatic nitrogens is 1. The summed E-state index contributed by atoms with van der Waals surface area (Å²) in [7, 11) is 1.65. The second-order valence-corrected chi connectivity index (χ2v) is 7.11. The molecule has 1 amide bonds. The van der Waals surface area contributed by atoms with Gasteiger partial charge in [0.1, 0.15) is 12.4 Å². The van der Waals surface area contributed by atoms with Gasteiger partial charge in [0.05, 0.1) is 11.5 Å². The van der Waals surface area contributed by atoms with Gasteiger partial charge in [-0.25, -0.2) is 0 Å². The third-order valence-electron chi connectivity index (χ3n) is 5.26. The van der Waals surface area contributed by atoms with Crippen molar-refractivity contribution < 1.29 is 22.7 Å². The average molecular weight is 392 g/mol. The van der Waals surface area contributed by atoms with E-state index in [1.807, 2.05) is 6.07 Å². The van der Waals surface area contributed by atoms with E-state index in [2.05, 4.69) is 4.98 Å². The Hall–Kier alpha value is -2.57. The van der Waals surface area contributed by atoms with E-state index >= 15 is 0 Å². The summed E-state index contributed by atoms with van der Waals surface area (Å²) >= 11 is 0. The van der Waals surface area contributed by atoms with Crippen LogP contribution in [0.1, 0.15) is 41.6 Å². The number of benzene rings is 1. The Morgan fingerprint density at radius 1 is 1.14 bits per heavy atom. The monoisotopic (exact) mass is 392 g/mol. The standard InChI is InChI=1S/C21H23F3N2O2/c1-26(17-10-8-16(9-11-17)21(22,23)24)20(27)18-6-2-3-7-19(18)28-14-15-5-4-12-25-13-15/h2-7,12-13,16-17H,8-11,14H2,1H3. The zero-order valence-corrected chi connectivity index (χ0v) is 15.7. The summed E-state index contributed by atoms with van der Waals surface area (Å²) in [5.74, 6) is -1.05. The summed E-state index contributed by atoms with van der Waals surface area (Å²) < 4.78 is 44.4. The normalized spacial score (nSPS) is 19.9. The molecule has 4 nitrogen and oxygen atoms in total. The number of alkyl halides is 3. The number of nitrogens with zero attached hydrogens (tertiary/aromatic N) is 2. The Morgan fingerprint density at radius 2 is 1.86 bits per heavy atom. The number of rotatable bonds is 5. The van der Waals surface area contributed by atoms with E-state index in [0.29, 0.717) is 24.2 Å². The zero-order valence-electron chi connectivity index (χ0n) is 15.7. The van der Waals surface area contributed by atoms with Gasteiger partial charge in [0, 0.05) is 31.0 Å². The van der Waals surface area contributed by atoms with E-state index in [1.54, 1.807) is 54.7 Å². The summed E-state index contributed by atoms with van der Waals surface area (Å²) in [6, 6.07) is 10.4. The van der Waals surface area contributed by atoms with Crippen LogP contribution in [-0.2, 0) is 6.61 Å². The van der Waals surface area contributed by atoms with E-state index in [9.17, 15) is 18.0 Å². The maximum absolute atomic E-state index is 13.0. The zero-order chi connectivity index (χ0) is 20.1. The van der Waals surface area contributed by atoms with Gasteiger partial charge in [0.2, 0.25) is 0 Å². The molecule has 0 spiro atoms. The summed E-state index contributed by atoms with van der Waals surface area (Å²) in [5, 5.41) is 0. The molecule has 7 heteroatoms. The number of hydrogen-bond donors (Lipinski definition) is 0. The molecule has 1 aliphatic rings. The molecule has 1 aliphatic carbocycles. The number of halogens is 3. The fraction of sp³-hybridized carbons (Fsp3) is 0.429. The summed E-state index contributed by atoms with van der Waals surface area (Å²) in [5.41, 5.74) is 1.29. The summed E-state index contributed by atoms with van der Waals surface area (Å²) in [6.45, 7) is 0.276. The molecule has 0 aliphatic heterocycles. The smallest absolute Gasteiger partial charge is 0.391 e. The molecular formula is C21H23F3N2O2. The molecule has 1 aromatic heterocycles. The van der Waals surface area contributed by atoms with Crippen LogP contribution in [0.2, 0.25) is 0 Å². The minimum atomic E-state index is -4.15. The van der Waals surface area contributed by atoms with Gasteiger partial charge < -0.3 is 9.64 Å². The van der Waals surface area contributed by atoms with Crippen LogP contribution < -0.4 is 4.74 Å². The molecule has 3 rings (SSSR count). The minimum Gasteiger partial charge on any atom is -0.488 e. The highest BCUT2D eigenvalue weighted by Crippen LogP contribution is 2.39. The lowest BCUT2D eigenvalue weighted by atomic mass is 9.85. The molecule has 0 N–H and O–H groups in total. The molecule has 1 heterocycles. The average Bonchev–Trinajstić information content (AvgIpc) is 2.71. The third-order valence-corrected chi connectivity index (χ3v) is 5.26. The molecule has 0 saturated heterocycles. The van der Waals surface area contributed by atoms with Crippen LogP contribution in [0.3, 0.4) is 0 Å². The van der Waals surface area contributed by atoms with Crippen LogP contribution in [0.15, 0.2) is 48.8 Å². The second kappa shape index (κ2) is 8.63. The highest BCUT2D eigenvalue weighted by Gasteiger charge is 2.42. The van der Waals surface area contributed by atoms with Gasteiger partial charge in [-0.3, -0.25) is 9.78 Å². The number of para-hydroxylation sites is 1. The lowest BCUT2D eigenvalue weighted by molar-refractivity contribution is -0.183. The SMILES string of the molecule is CN(C(=O)c1ccccc1OCc1cccnc1)C1CCC(C(F)(F)F)CC1. The second-order valence-electron chi connectivity index (χ2n) is 7.11. The first kappa shape index (κ1) is 20.2. The van der Waals surface area contributed by atoms with E-state index in [0.717, 1.165) is 5.56 Å². The highest BCUT2D eigenvalue weighted by atomic mass is 19.4. The van der Waals surface area contributed by atoms with Crippen molar-refractivity contribution in [1.82, 2.24) is 9.88 Å². The predicted molar refractivity (Wildman–Crippen MR) is 98.9 cm³/mol. The van der Waals surface area contributed by atoms with Gasteiger partial charge >= 0.3 is 6.18 Å². The lowest BCUT2D eigenvalue weighted by Crippen LogP contribution is -2.41. The van der Waals surface area contributed by atoms with Crippen molar-refractivity contribution in [2.24, 2.45) is 5.92 Å². The van der Waals surface area contributed by atoms with Crippen LogP contribution in [0.4, 0.5) is 13.2 Å². The molecule has 0 radical (unpaired) electrons. The summed E-state index contributed by atoms with van der Waals surface area (Å²) in [6.07, 6.45) is 0.0333. The first-order valence-corrected chi connectivity index (χ1v) is 9.31. The Labute approximate surface area is 162 Å². The fourth-order valence-electron chi connectivity index (χ4n) is 3.56. The quantitative estimate of drug-likeness (QED) is 0.730. The molecular weight excluding hydrogens is 369 g/mol. The molecule has 28 heavy (non-hydrogen) atoms. The van der Waals surface area contributed by atoms with Crippen LogP contribution in [0, 0.1) is 5.92 Å².